The zero-order chi connectivity index (χ0) is 10.4. The number of nitrogens with one attached hydrogen (secondary N) is 1. The number of hydrogen-bond donors (Lipinski definition) is 1. The molecule has 1 aliphatic heterocycles. The Hall–Kier alpha value is 0.0100. The van der Waals surface area contributed by atoms with E-state index in [0.29, 0.717) is 11.5 Å². The van der Waals surface area contributed by atoms with Crippen LogP contribution in [0.15, 0.2) is 11.6 Å². The second kappa shape index (κ2) is 6.49. The Morgan fingerprint density at radius 2 is 2.43 bits per heavy atom. The van der Waals surface area contributed by atoms with Gasteiger partial charge >= 0.3 is 0 Å². The lowest BCUT2D eigenvalue weighted by Gasteiger charge is -2.22. The molecule has 1 aliphatic rings. The maximum atomic E-state index is 5.73. The van der Waals surface area contributed by atoms with Crippen molar-refractivity contribution in [3.8, 4) is 0 Å². The standard InChI is InChI=1S/C11H21NOS/c1-4-9-7-10(12-8-9)11(13-5-2)14-6-3/h4,10-12H,5-8H2,1-3H3/t10-,11?/m0/s1. The highest BCUT2D eigenvalue weighted by molar-refractivity contribution is 7.99. The second-order valence-corrected chi connectivity index (χ2v) is 4.79. The Balaban J connectivity index is 2.44. The smallest absolute Gasteiger partial charge is 0.118 e. The summed E-state index contributed by atoms with van der Waals surface area (Å²) in [5.74, 6) is 1.12. The molecule has 0 aromatic heterocycles. The molecule has 1 N–H and O–H groups in total. The quantitative estimate of drug-likeness (QED) is 0.562. The number of allylic oxidation sites excluding steroid dienone is 1. The van der Waals surface area contributed by atoms with Crippen molar-refractivity contribution in [1.82, 2.24) is 5.32 Å². The van der Waals surface area contributed by atoms with Gasteiger partial charge in [-0.1, -0.05) is 18.6 Å². The molecule has 0 radical (unpaired) electrons. The van der Waals surface area contributed by atoms with Crippen molar-refractivity contribution in [3.05, 3.63) is 11.6 Å². The van der Waals surface area contributed by atoms with E-state index < -0.39 is 0 Å². The molecule has 0 aromatic carbocycles. The molecular weight excluding hydrogens is 194 g/mol. The Labute approximate surface area is 91.5 Å². The van der Waals surface area contributed by atoms with Gasteiger partial charge < -0.3 is 10.1 Å². The predicted octanol–water partition coefficient (Wildman–Crippen LogP) is 2.41. The van der Waals surface area contributed by atoms with E-state index in [2.05, 4.69) is 32.2 Å². The minimum Gasteiger partial charge on any atom is -0.366 e. The van der Waals surface area contributed by atoms with Crippen LogP contribution in [-0.2, 0) is 4.74 Å². The lowest BCUT2D eigenvalue weighted by atomic mass is 10.1. The molecule has 14 heavy (non-hydrogen) atoms. The summed E-state index contributed by atoms with van der Waals surface area (Å²) < 4.78 is 5.73. The van der Waals surface area contributed by atoms with Gasteiger partial charge in [0.15, 0.2) is 0 Å². The molecule has 0 amide bonds. The van der Waals surface area contributed by atoms with E-state index in [4.69, 9.17) is 4.74 Å². The van der Waals surface area contributed by atoms with Gasteiger partial charge in [-0.3, -0.25) is 0 Å². The molecule has 82 valence electrons. The molecule has 0 aliphatic carbocycles. The van der Waals surface area contributed by atoms with Crippen molar-refractivity contribution in [1.29, 1.82) is 0 Å². The summed E-state index contributed by atoms with van der Waals surface area (Å²) in [7, 11) is 0. The average molecular weight is 215 g/mol. The molecule has 2 atom stereocenters. The first kappa shape index (κ1) is 12.1. The summed E-state index contributed by atoms with van der Waals surface area (Å²) in [6.07, 6.45) is 3.36. The largest absolute Gasteiger partial charge is 0.366 e. The molecule has 1 heterocycles. The second-order valence-electron chi connectivity index (χ2n) is 3.42. The zero-order valence-electron chi connectivity index (χ0n) is 9.38. The van der Waals surface area contributed by atoms with Crippen LogP contribution in [0.1, 0.15) is 27.2 Å². The van der Waals surface area contributed by atoms with E-state index in [1.54, 1.807) is 0 Å². The van der Waals surface area contributed by atoms with Crippen LogP contribution in [0.3, 0.4) is 0 Å². The van der Waals surface area contributed by atoms with E-state index in [0.717, 1.165) is 25.3 Å². The minimum atomic E-state index is 0.322. The number of ether oxygens (including phenoxy) is 1. The third-order valence-corrected chi connectivity index (χ3v) is 3.60. The summed E-state index contributed by atoms with van der Waals surface area (Å²) in [6.45, 7) is 8.20. The fourth-order valence-electron chi connectivity index (χ4n) is 1.71. The van der Waals surface area contributed by atoms with Crippen LogP contribution in [0.25, 0.3) is 0 Å². The monoisotopic (exact) mass is 215 g/mol. The molecule has 0 spiro atoms. The van der Waals surface area contributed by atoms with Crippen molar-refractivity contribution in [2.45, 2.75) is 38.7 Å². The van der Waals surface area contributed by atoms with E-state index in [-0.39, 0.29) is 0 Å². The Morgan fingerprint density at radius 3 is 2.93 bits per heavy atom. The molecule has 0 saturated carbocycles. The maximum Gasteiger partial charge on any atom is 0.118 e. The van der Waals surface area contributed by atoms with Crippen LogP contribution >= 0.6 is 11.8 Å². The molecule has 2 nitrogen and oxygen atoms in total. The summed E-state index contributed by atoms with van der Waals surface area (Å²) in [5, 5.41) is 3.51. The van der Waals surface area contributed by atoms with E-state index in [9.17, 15) is 0 Å². The molecule has 1 unspecified atom stereocenters. The first-order valence-electron chi connectivity index (χ1n) is 5.42. The van der Waals surface area contributed by atoms with Gasteiger partial charge in [-0.2, -0.15) is 0 Å². The predicted molar refractivity (Wildman–Crippen MR) is 63.7 cm³/mol. The number of rotatable bonds is 5. The minimum absolute atomic E-state index is 0.322. The normalized spacial score (nSPS) is 27.1. The highest BCUT2D eigenvalue weighted by atomic mass is 32.2. The van der Waals surface area contributed by atoms with Gasteiger partial charge in [-0.15, -0.1) is 11.8 Å². The van der Waals surface area contributed by atoms with Crippen molar-refractivity contribution >= 4 is 11.8 Å². The van der Waals surface area contributed by atoms with Crippen molar-refractivity contribution in [3.63, 3.8) is 0 Å². The van der Waals surface area contributed by atoms with Crippen LogP contribution in [0, 0.1) is 0 Å². The number of thioether (sulfide) groups is 1. The van der Waals surface area contributed by atoms with Crippen LogP contribution in [0.4, 0.5) is 0 Å². The van der Waals surface area contributed by atoms with Gasteiger partial charge in [-0.05, 0) is 26.0 Å². The molecule has 1 rings (SSSR count). The molecule has 1 saturated heterocycles. The van der Waals surface area contributed by atoms with Gasteiger partial charge in [0.2, 0.25) is 0 Å². The van der Waals surface area contributed by atoms with Crippen molar-refractivity contribution < 1.29 is 4.74 Å². The van der Waals surface area contributed by atoms with Gasteiger partial charge in [0.05, 0.1) is 0 Å². The lowest BCUT2D eigenvalue weighted by Crippen LogP contribution is -2.34. The highest BCUT2D eigenvalue weighted by Crippen LogP contribution is 2.24. The van der Waals surface area contributed by atoms with Crippen molar-refractivity contribution in [2.24, 2.45) is 0 Å². The summed E-state index contributed by atoms with van der Waals surface area (Å²) in [5.41, 5.74) is 1.83. The summed E-state index contributed by atoms with van der Waals surface area (Å²) in [6, 6.07) is 0.506. The summed E-state index contributed by atoms with van der Waals surface area (Å²) >= 11 is 1.90. The van der Waals surface area contributed by atoms with E-state index in [1.807, 2.05) is 11.8 Å². The molecule has 3 heteroatoms. The summed E-state index contributed by atoms with van der Waals surface area (Å²) in [4.78, 5) is 0. The fraction of sp³-hybridized carbons (Fsp3) is 0.818. The third kappa shape index (κ3) is 3.30. The van der Waals surface area contributed by atoms with Crippen LogP contribution in [0.5, 0.6) is 0 Å². The Kier molecular flexibility index (Phi) is 5.60. The van der Waals surface area contributed by atoms with E-state index in [1.165, 1.54) is 5.57 Å². The van der Waals surface area contributed by atoms with Crippen molar-refractivity contribution in [2.75, 3.05) is 18.9 Å². The topological polar surface area (TPSA) is 21.3 Å². The van der Waals surface area contributed by atoms with Crippen LogP contribution in [0.2, 0.25) is 0 Å². The first-order valence-corrected chi connectivity index (χ1v) is 6.47. The third-order valence-electron chi connectivity index (χ3n) is 2.47. The van der Waals surface area contributed by atoms with Gasteiger partial charge in [0, 0.05) is 19.2 Å². The Bertz CT molecular complexity index is 188. The number of hydrogen-bond acceptors (Lipinski definition) is 3. The highest BCUT2D eigenvalue weighted by Gasteiger charge is 2.26. The maximum absolute atomic E-state index is 5.73. The Morgan fingerprint density at radius 1 is 1.64 bits per heavy atom. The van der Waals surface area contributed by atoms with E-state index >= 15 is 0 Å². The molecule has 0 aromatic rings. The fourth-order valence-corrected chi connectivity index (χ4v) is 2.70. The first-order chi connectivity index (χ1) is 6.81. The zero-order valence-corrected chi connectivity index (χ0v) is 10.2. The van der Waals surface area contributed by atoms with Crippen LogP contribution < -0.4 is 5.32 Å². The molecule has 1 fully saturated rings. The molecule has 0 bridgehead atoms. The van der Waals surface area contributed by atoms with Gasteiger partial charge in [-0.25, -0.2) is 0 Å². The SMILES string of the molecule is CC=C1CN[C@H](C(OCC)SCC)C1. The lowest BCUT2D eigenvalue weighted by molar-refractivity contribution is 0.102. The molecular formula is C11H21NOS. The van der Waals surface area contributed by atoms with Gasteiger partial charge in [0.25, 0.3) is 0 Å². The average Bonchev–Trinajstić information content (AvgIpc) is 2.65. The van der Waals surface area contributed by atoms with Gasteiger partial charge in [0.1, 0.15) is 5.44 Å². The van der Waals surface area contributed by atoms with Crippen LogP contribution in [-0.4, -0.2) is 30.4 Å².